The summed E-state index contributed by atoms with van der Waals surface area (Å²) in [6.07, 6.45) is 2.64. The third kappa shape index (κ3) is 12.7. The van der Waals surface area contributed by atoms with Gasteiger partial charge in [-0.3, -0.25) is 10.2 Å². The molecule has 0 rings (SSSR count). The number of carbonyl (C=O) groups excluding carboxylic acids is 1. The molecule has 0 heterocycles. The van der Waals surface area contributed by atoms with Crippen molar-refractivity contribution < 1.29 is 7.71 Å². The number of halogens is 2. The van der Waals surface area contributed by atoms with Gasteiger partial charge in [0.05, 0.1) is 6.04 Å². The van der Waals surface area contributed by atoms with Gasteiger partial charge in [-0.1, -0.05) is 0 Å². The molecule has 0 saturated carbocycles. The molecule has 0 aliphatic carbocycles. The summed E-state index contributed by atoms with van der Waals surface area (Å²) in [6, 6.07) is -0.461. The van der Waals surface area contributed by atoms with Crippen molar-refractivity contribution in [3.63, 3.8) is 0 Å². The van der Waals surface area contributed by atoms with E-state index in [1.165, 1.54) is 0 Å². The zero-order valence-corrected chi connectivity index (χ0v) is 11.1. The number of carbonyl (C=O) groups is 1. The molecule has 13 heavy (non-hydrogen) atoms. The van der Waals surface area contributed by atoms with E-state index < -0.39 is 6.04 Å². The number of thioether (sulfide) groups is 1. The summed E-state index contributed by atoms with van der Waals surface area (Å²) in [5, 5.41) is 0. The summed E-state index contributed by atoms with van der Waals surface area (Å²) >= 11 is 6.78. The van der Waals surface area contributed by atoms with Gasteiger partial charge in [0.15, 0.2) is 0 Å². The Morgan fingerprint density at radius 2 is 2.15 bits per heavy atom. The second-order valence-corrected chi connectivity index (χ2v) is 4.46. The molecule has 8 heteroatoms. The highest BCUT2D eigenvalue weighted by atomic mass is 79.9. The molecular weight excluding hydrogens is 326 g/mol. The van der Waals surface area contributed by atoms with Gasteiger partial charge in [0.25, 0.3) is 5.91 Å². The van der Waals surface area contributed by atoms with E-state index >= 15 is 0 Å². The minimum Gasteiger partial charge on any atom is -0.320 e. The van der Waals surface area contributed by atoms with Crippen LogP contribution < -0.4 is 17.0 Å². The molecule has 1 atom stereocenters. The van der Waals surface area contributed by atoms with E-state index in [2.05, 4.69) is 35.4 Å². The highest BCUT2D eigenvalue weighted by molar-refractivity contribution is 9.18. The number of rotatable bonds is 4. The van der Waals surface area contributed by atoms with E-state index in [0.29, 0.717) is 6.42 Å². The Kier molecular flexibility index (Phi) is 15.7. The van der Waals surface area contributed by atoms with Gasteiger partial charge in [-0.25, -0.2) is 8.76 Å². The first-order valence-electron chi connectivity index (χ1n) is 3.28. The lowest BCUT2D eigenvalue weighted by Crippen LogP contribution is -2.44. The van der Waals surface area contributed by atoms with Crippen LogP contribution >= 0.6 is 44.3 Å². The molecule has 0 aliphatic heterocycles. The van der Waals surface area contributed by atoms with Crippen LogP contribution in [0, 0.1) is 0 Å². The van der Waals surface area contributed by atoms with E-state index in [-0.39, 0.29) is 5.91 Å². The summed E-state index contributed by atoms with van der Waals surface area (Å²) < 4.78 is 3.88. The number of nitrogens with two attached hydrogens (primary N) is 2. The van der Waals surface area contributed by atoms with Crippen LogP contribution in [0.4, 0.5) is 0 Å². The van der Waals surface area contributed by atoms with Crippen LogP contribution in [0.5, 0.6) is 0 Å². The summed E-state index contributed by atoms with van der Waals surface area (Å²) in [4.78, 5) is 10.6. The molecule has 0 saturated heterocycles. The lowest BCUT2D eigenvalue weighted by molar-refractivity contribution is -0.122. The Morgan fingerprint density at radius 3 is 2.46 bits per heavy atom. The van der Waals surface area contributed by atoms with Crippen LogP contribution in [0.25, 0.3) is 0 Å². The number of nitrogens with one attached hydrogen (secondary N) is 1. The molecule has 0 bridgehead atoms. The maximum absolute atomic E-state index is 10.6. The normalized spacial score (nSPS) is 11.2. The Labute approximate surface area is 99.2 Å². The predicted octanol–water partition coefficient (Wildman–Crippen LogP) is 0.679. The molecule has 0 unspecified atom stereocenters. The Hall–Kier alpha value is 0.660. The van der Waals surface area contributed by atoms with Crippen LogP contribution in [-0.4, -0.2) is 24.0 Å². The molecular formula is C5H13Br2N3O2S. The first-order valence-corrected chi connectivity index (χ1v) is 5.97. The molecule has 1 amide bonds. The minimum absolute atomic E-state index is 0.297. The van der Waals surface area contributed by atoms with Crippen molar-refractivity contribution in [3.8, 4) is 0 Å². The molecule has 0 aromatic rings. The minimum atomic E-state index is -0.461. The SMILES string of the molecule is BrOBr.CSCC[C@H](N)C(=O)NN. The fraction of sp³-hybridized carbons (Fsp3) is 0.800. The first kappa shape index (κ1) is 16.1. The highest BCUT2D eigenvalue weighted by Gasteiger charge is 2.09. The number of hydrazine groups is 1. The van der Waals surface area contributed by atoms with Crippen molar-refractivity contribution in [2.75, 3.05) is 12.0 Å². The zero-order valence-electron chi connectivity index (χ0n) is 7.13. The number of hydrogen-bond donors (Lipinski definition) is 3. The fourth-order valence-corrected chi connectivity index (χ4v) is 0.973. The van der Waals surface area contributed by atoms with Crippen LogP contribution in [0.15, 0.2) is 0 Å². The molecule has 5 nitrogen and oxygen atoms in total. The number of amides is 1. The van der Waals surface area contributed by atoms with Crippen molar-refractivity contribution in [1.29, 1.82) is 0 Å². The van der Waals surface area contributed by atoms with Crippen molar-refractivity contribution in [3.05, 3.63) is 0 Å². The third-order valence-electron chi connectivity index (χ3n) is 1.11. The molecule has 0 aromatic heterocycles. The molecule has 0 spiro atoms. The zero-order chi connectivity index (χ0) is 10.7. The van der Waals surface area contributed by atoms with Crippen LogP contribution in [0.3, 0.4) is 0 Å². The van der Waals surface area contributed by atoms with E-state index in [0.717, 1.165) is 5.75 Å². The first-order chi connectivity index (χ1) is 6.13. The molecule has 0 radical (unpaired) electrons. The van der Waals surface area contributed by atoms with Gasteiger partial charge in [-0.05, 0) is 18.4 Å². The van der Waals surface area contributed by atoms with E-state index in [1.54, 1.807) is 11.8 Å². The van der Waals surface area contributed by atoms with Crippen molar-refractivity contribution in [2.45, 2.75) is 12.5 Å². The van der Waals surface area contributed by atoms with Gasteiger partial charge in [-0.2, -0.15) is 11.8 Å². The van der Waals surface area contributed by atoms with Gasteiger partial charge < -0.3 is 5.73 Å². The standard InChI is InChI=1S/C5H13N3OS.Br2O/c1-10-3-2-4(6)5(9)8-7;1-3-2/h4H,2-3,6-7H2,1H3,(H,8,9);/t4-;/m0./s1. The average Bonchev–Trinajstić information content (AvgIpc) is 2.14. The average molecular weight is 339 g/mol. The van der Waals surface area contributed by atoms with Gasteiger partial charge in [0, 0.05) is 0 Å². The van der Waals surface area contributed by atoms with Crippen molar-refractivity contribution in [1.82, 2.24) is 5.43 Å². The van der Waals surface area contributed by atoms with Crippen molar-refractivity contribution >= 4 is 50.2 Å². The van der Waals surface area contributed by atoms with E-state index in [1.807, 2.05) is 11.7 Å². The molecule has 5 N–H and O–H groups in total. The second-order valence-electron chi connectivity index (χ2n) is 1.95. The molecule has 80 valence electrons. The topological polar surface area (TPSA) is 90.4 Å². The monoisotopic (exact) mass is 337 g/mol. The summed E-state index contributed by atoms with van der Waals surface area (Å²) in [7, 11) is 0. The Balaban J connectivity index is 0. The summed E-state index contributed by atoms with van der Waals surface area (Å²) in [5.41, 5.74) is 7.41. The quantitative estimate of drug-likeness (QED) is 0.398. The molecule has 0 aromatic carbocycles. The highest BCUT2D eigenvalue weighted by Crippen LogP contribution is 1.97. The molecule has 0 fully saturated rings. The van der Waals surface area contributed by atoms with Gasteiger partial charge >= 0.3 is 0 Å². The van der Waals surface area contributed by atoms with Crippen LogP contribution in [-0.2, 0) is 7.71 Å². The second kappa shape index (κ2) is 12.7. The maximum Gasteiger partial charge on any atom is 0.250 e. The van der Waals surface area contributed by atoms with E-state index in [4.69, 9.17) is 11.6 Å². The maximum atomic E-state index is 10.6. The fourth-order valence-electron chi connectivity index (χ4n) is 0.483. The number of hydrogen-bond acceptors (Lipinski definition) is 5. The summed E-state index contributed by atoms with van der Waals surface area (Å²) in [6.45, 7) is 0. The van der Waals surface area contributed by atoms with Crippen LogP contribution in [0.2, 0.25) is 0 Å². The van der Waals surface area contributed by atoms with Gasteiger partial charge in [0.1, 0.15) is 32.5 Å². The Morgan fingerprint density at radius 1 is 1.69 bits per heavy atom. The largest absolute Gasteiger partial charge is 0.320 e. The lowest BCUT2D eigenvalue weighted by atomic mass is 10.2. The summed E-state index contributed by atoms with van der Waals surface area (Å²) in [5.74, 6) is 5.44. The smallest absolute Gasteiger partial charge is 0.250 e. The molecule has 0 aliphatic rings. The third-order valence-corrected chi connectivity index (χ3v) is 1.76. The lowest BCUT2D eigenvalue weighted by Gasteiger charge is -2.07. The van der Waals surface area contributed by atoms with Crippen molar-refractivity contribution in [2.24, 2.45) is 11.6 Å². The Bertz CT molecular complexity index is 130. The predicted molar refractivity (Wildman–Crippen MR) is 62.2 cm³/mol. The van der Waals surface area contributed by atoms with Gasteiger partial charge in [-0.15, -0.1) is 0 Å². The van der Waals surface area contributed by atoms with Crippen LogP contribution in [0.1, 0.15) is 6.42 Å². The van der Waals surface area contributed by atoms with Gasteiger partial charge in [0.2, 0.25) is 0 Å². The van der Waals surface area contributed by atoms with E-state index in [9.17, 15) is 4.79 Å².